The van der Waals surface area contributed by atoms with Crippen molar-refractivity contribution in [1.82, 2.24) is 5.32 Å². The molecule has 0 radical (unpaired) electrons. The summed E-state index contributed by atoms with van der Waals surface area (Å²) in [6, 6.07) is 23.6. The zero-order valence-corrected chi connectivity index (χ0v) is 18.3. The lowest BCUT2D eigenvalue weighted by molar-refractivity contribution is -0.112. The van der Waals surface area contributed by atoms with Crippen molar-refractivity contribution in [2.24, 2.45) is 0 Å². The van der Waals surface area contributed by atoms with Crippen LogP contribution in [-0.4, -0.2) is 18.4 Å². The number of amides is 2. The second-order valence-electron chi connectivity index (χ2n) is 7.71. The number of carbonyl (C=O) groups is 2. The highest BCUT2D eigenvalue weighted by atomic mass is 32.2. The van der Waals surface area contributed by atoms with E-state index in [0.717, 1.165) is 10.5 Å². The monoisotopic (exact) mass is 428 g/mol. The summed E-state index contributed by atoms with van der Waals surface area (Å²) in [7, 11) is 0. The number of benzene rings is 3. The summed E-state index contributed by atoms with van der Waals surface area (Å²) in [6.45, 7) is 4.66. The van der Waals surface area contributed by atoms with Crippen LogP contribution in [0.1, 0.15) is 39.9 Å². The van der Waals surface area contributed by atoms with Crippen molar-refractivity contribution in [2.45, 2.75) is 24.7 Å². The van der Waals surface area contributed by atoms with Gasteiger partial charge < -0.3 is 10.6 Å². The molecule has 3 aromatic rings. The molecule has 1 atom stereocenters. The molecule has 2 N–H and O–H groups in total. The molecule has 1 heterocycles. The number of hydrogen-bond donors (Lipinski definition) is 2. The molecule has 0 spiro atoms. The minimum Gasteiger partial charge on any atom is -0.351 e. The normalized spacial score (nSPS) is 15.2. The molecule has 4 nitrogen and oxygen atoms in total. The molecule has 31 heavy (non-hydrogen) atoms. The predicted octanol–water partition coefficient (Wildman–Crippen LogP) is 5.61. The zero-order valence-electron chi connectivity index (χ0n) is 17.5. The molecule has 0 bridgehead atoms. The molecule has 3 aromatic carbocycles. The summed E-state index contributed by atoms with van der Waals surface area (Å²) >= 11 is 1.42. The van der Waals surface area contributed by atoms with Crippen LogP contribution in [0.3, 0.4) is 0 Å². The number of carbonyl (C=O) groups excluding carboxylic acids is 2. The highest BCUT2D eigenvalue weighted by molar-refractivity contribution is 8.04. The number of hydrogen-bond acceptors (Lipinski definition) is 3. The SMILES string of the molecule is Cc1ccc(C=C2Sc3ccc(C(=O)NCC(C)c4ccccc4)cc3NC2=O)cc1. The van der Waals surface area contributed by atoms with E-state index in [9.17, 15) is 9.59 Å². The number of rotatable bonds is 5. The smallest absolute Gasteiger partial charge is 0.262 e. The maximum atomic E-state index is 12.6. The molecule has 0 aliphatic carbocycles. The first-order valence-corrected chi connectivity index (χ1v) is 11.1. The van der Waals surface area contributed by atoms with Crippen LogP contribution in [0.25, 0.3) is 6.08 Å². The van der Waals surface area contributed by atoms with Crippen molar-refractivity contribution < 1.29 is 9.59 Å². The van der Waals surface area contributed by atoms with Crippen LogP contribution < -0.4 is 10.6 Å². The highest BCUT2D eigenvalue weighted by Gasteiger charge is 2.22. The Morgan fingerprint density at radius 1 is 1.06 bits per heavy atom. The van der Waals surface area contributed by atoms with E-state index in [0.29, 0.717) is 22.7 Å². The number of thioether (sulfide) groups is 1. The fourth-order valence-electron chi connectivity index (χ4n) is 3.36. The van der Waals surface area contributed by atoms with Crippen LogP contribution in [0.5, 0.6) is 0 Å². The van der Waals surface area contributed by atoms with Crippen LogP contribution in [0.2, 0.25) is 0 Å². The van der Waals surface area contributed by atoms with Gasteiger partial charge in [-0.1, -0.05) is 78.8 Å². The van der Waals surface area contributed by atoms with Crippen molar-refractivity contribution >= 4 is 35.3 Å². The van der Waals surface area contributed by atoms with Crippen LogP contribution in [-0.2, 0) is 4.79 Å². The molecule has 156 valence electrons. The van der Waals surface area contributed by atoms with Gasteiger partial charge in [-0.05, 0) is 48.2 Å². The number of nitrogens with one attached hydrogen (secondary N) is 2. The minimum atomic E-state index is -0.159. The van der Waals surface area contributed by atoms with E-state index in [4.69, 9.17) is 0 Å². The fraction of sp³-hybridized carbons (Fsp3) is 0.154. The quantitative estimate of drug-likeness (QED) is 0.519. The van der Waals surface area contributed by atoms with Crippen molar-refractivity contribution in [3.63, 3.8) is 0 Å². The molecule has 0 saturated carbocycles. The highest BCUT2D eigenvalue weighted by Crippen LogP contribution is 2.39. The van der Waals surface area contributed by atoms with E-state index in [1.165, 1.54) is 22.9 Å². The summed E-state index contributed by atoms with van der Waals surface area (Å²) in [5, 5.41) is 5.91. The second kappa shape index (κ2) is 9.23. The Hall–Kier alpha value is -3.31. The summed E-state index contributed by atoms with van der Waals surface area (Å²) < 4.78 is 0. The maximum absolute atomic E-state index is 12.6. The lowest BCUT2D eigenvalue weighted by atomic mass is 10.0. The van der Waals surface area contributed by atoms with E-state index >= 15 is 0 Å². The van der Waals surface area contributed by atoms with Gasteiger partial charge in [0, 0.05) is 17.0 Å². The molecule has 2 amide bonds. The van der Waals surface area contributed by atoms with Crippen molar-refractivity contribution in [3.05, 3.63) is 100.0 Å². The second-order valence-corrected chi connectivity index (χ2v) is 8.79. The standard InChI is InChI=1S/C26H24N2O2S/c1-17-8-10-19(11-9-17)14-24-26(30)28-22-15-21(12-13-23(22)31-24)25(29)27-16-18(2)20-6-4-3-5-7-20/h3-15,18H,16H2,1-2H3,(H,27,29)(H,28,30). The van der Waals surface area contributed by atoms with E-state index < -0.39 is 0 Å². The van der Waals surface area contributed by atoms with Crippen LogP contribution in [0.4, 0.5) is 5.69 Å². The summed E-state index contributed by atoms with van der Waals surface area (Å²) in [6.07, 6.45) is 1.88. The first-order chi connectivity index (χ1) is 15.0. The third-order valence-corrected chi connectivity index (χ3v) is 6.35. The average molecular weight is 429 g/mol. The van der Waals surface area contributed by atoms with Gasteiger partial charge in [-0.25, -0.2) is 0 Å². The molecule has 1 unspecified atom stereocenters. The van der Waals surface area contributed by atoms with Gasteiger partial charge in [-0.2, -0.15) is 0 Å². The summed E-state index contributed by atoms with van der Waals surface area (Å²) in [5.74, 6) is -0.0911. The third kappa shape index (κ3) is 5.06. The van der Waals surface area contributed by atoms with Crippen LogP contribution >= 0.6 is 11.8 Å². The van der Waals surface area contributed by atoms with Gasteiger partial charge in [-0.3, -0.25) is 9.59 Å². The lowest BCUT2D eigenvalue weighted by Crippen LogP contribution is -2.28. The van der Waals surface area contributed by atoms with Gasteiger partial charge in [0.2, 0.25) is 0 Å². The van der Waals surface area contributed by atoms with Crippen LogP contribution in [0, 0.1) is 6.92 Å². The Balaban J connectivity index is 1.44. The summed E-state index contributed by atoms with van der Waals surface area (Å²) in [5.41, 5.74) is 4.54. The molecule has 1 aliphatic heterocycles. The topological polar surface area (TPSA) is 58.2 Å². The van der Waals surface area contributed by atoms with E-state index in [2.05, 4.69) is 29.7 Å². The van der Waals surface area contributed by atoms with E-state index in [1.54, 1.807) is 12.1 Å². The van der Waals surface area contributed by atoms with E-state index in [1.807, 2.05) is 61.5 Å². The molecule has 0 aromatic heterocycles. The fourth-order valence-corrected chi connectivity index (χ4v) is 4.29. The Labute approximate surface area is 186 Å². The third-order valence-electron chi connectivity index (χ3n) is 5.25. The van der Waals surface area contributed by atoms with Crippen LogP contribution in [0.15, 0.2) is 82.6 Å². The Morgan fingerprint density at radius 2 is 1.81 bits per heavy atom. The van der Waals surface area contributed by atoms with Crippen molar-refractivity contribution in [2.75, 3.05) is 11.9 Å². The molecule has 5 heteroatoms. The number of anilines is 1. The zero-order chi connectivity index (χ0) is 21.8. The maximum Gasteiger partial charge on any atom is 0.262 e. The summed E-state index contributed by atoms with van der Waals surface area (Å²) in [4.78, 5) is 26.8. The molecule has 0 saturated heterocycles. The number of aryl methyl sites for hydroxylation is 1. The lowest BCUT2D eigenvalue weighted by Gasteiger charge is -2.20. The molecule has 4 rings (SSSR count). The van der Waals surface area contributed by atoms with Gasteiger partial charge in [0.1, 0.15) is 0 Å². The van der Waals surface area contributed by atoms with Gasteiger partial charge in [-0.15, -0.1) is 0 Å². The Kier molecular flexibility index (Phi) is 6.23. The van der Waals surface area contributed by atoms with Gasteiger partial charge >= 0.3 is 0 Å². The van der Waals surface area contributed by atoms with Gasteiger partial charge in [0.05, 0.1) is 10.6 Å². The first-order valence-electron chi connectivity index (χ1n) is 10.2. The first kappa shape index (κ1) is 20.9. The minimum absolute atomic E-state index is 0.147. The van der Waals surface area contributed by atoms with Crippen molar-refractivity contribution in [3.8, 4) is 0 Å². The largest absolute Gasteiger partial charge is 0.351 e. The Bertz CT molecular complexity index is 1140. The molecular weight excluding hydrogens is 404 g/mol. The molecule has 0 fully saturated rings. The number of fused-ring (bicyclic) bond motifs is 1. The van der Waals surface area contributed by atoms with E-state index in [-0.39, 0.29) is 17.7 Å². The molecule has 1 aliphatic rings. The molecular formula is C26H24N2O2S. The Morgan fingerprint density at radius 3 is 2.55 bits per heavy atom. The predicted molar refractivity (Wildman–Crippen MR) is 127 cm³/mol. The van der Waals surface area contributed by atoms with Gasteiger partial charge in [0.15, 0.2) is 0 Å². The van der Waals surface area contributed by atoms with Crippen molar-refractivity contribution in [1.29, 1.82) is 0 Å². The average Bonchev–Trinajstić information content (AvgIpc) is 2.79. The van der Waals surface area contributed by atoms with Gasteiger partial charge in [0.25, 0.3) is 11.8 Å².